The van der Waals surface area contributed by atoms with Crippen molar-refractivity contribution in [2.75, 3.05) is 6.54 Å². The third-order valence-electron chi connectivity index (χ3n) is 2.80. The molecule has 0 unspecified atom stereocenters. The second-order valence-corrected chi connectivity index (χ2v) is 6.36. The number of benzene rings is 1. The fourth-order valence-corrected chi connectivity index (χ4v) is 2.55. The van der Waals surface area contributed by atoms with E-state index in [-0.39, 0.29) is 24.8 Å². The average molecular weight is 396 g/mol. The largest absolute Gasteiger partial charge is 0.351 e. The molecule has 1 aromatic heterocycles. The molecule has 2 rings (SSSR count). The van der Waals surface area contributed by atoms with Crippen molar-refractivity contribution in [3.8, 4) is 0 Å². The highest BCUT2D eigenvalue weighted by molar-refractivity contribution is 9.10. The molecule has 0 fully saturated rings. The molecule has 0 aliphatic heterocycles. The third kappa shape index (κ3) is 5.50. The number of carbonyl (C=O) groups excluding carboxylic acids is 3. The monoisotopic (exact) mass is 395 g/mol. The molecule has 6 nitrogen and oxygen atoms in total. The van der Waals surface area contributed by atoms with E-state index in [0.29, 0.717) is 10.4 Å². The van der Waals surface area contributed by atoms with Crippen molar-refractivity contribution in [2.24, 2.45) is 0 Å². The lowest BCUT2D eigenvalue weighted by Gasteiger charge is -2.08. The molecule has 1 heterocycles. The molecule has 1 aromatic carbocycles. The minimum absolute atomic E-state index is 0.0672. The SMILES string of the molecule is O=C(CCNC(=O)c1cccs1)NNC(=O)c1ccc(Br)cc1. The average Bonchev–Trinajstić information content (AvgIpc) is 3.07. The molecule has 0 radical (unpaired) electrons. The topological polar surface area (TPSA) is 87.3 Å². The Morgan fingerprint density at radius 2 is 1.74 bits per heavy atom. The van der Waals surface area contributed by atoms with Crippen LogP contribution in [0.5, 0.6) is 0 Å². The Morgan fingerprint density at radius 3 is 2.39 bits per heavy atom. The summed E-state index contributed by atoms with van der Waals surface area (Å²) >= 11 is 4.61. The third-order valence-corrected chi connectivity index (χ3v) is 4.20. The quantitative estimate of drug-likeness (QED) is 0.677. The number of rotatable bonds is 5. The van der Waals surface area contributed by atoms with Gasteiger partial charge in [-0.25, -0.2) is 0 Å². The summed E-state index contributed by atoms with van der Waals surface area (Å²) in [4.78, 5) is 35.7. The van der Waals surface area contributed by atoms with Crippen molar-refractivity contribution in [1.29, 1.82) is 0 Å². The molecule has 0 aliphatic carbocycles. The summed E-state index contributed by atoms with van der Waals surface area (Å²) in [7, 11) is 0. The van der Waals surface area contributed by atoms with Crippen molar-refractivity contribution in [3.05, 3.63) is 56.7 Å². The van der Waals surface area contributed by atoms with Crippen LogP contribution in [0.3, 0.4) is 0 Å². The standard InChI is InChI=1S/C15H14BrN3O3S/c16-11-5-3-10(4-6-11)14(21)19-18-13(20)7-8-17-15(22)12-2-1-9-23-12/h1-6,9H,7-8H2,(H,17,22)(H,18,20)(H,19,21). The van der Waals surface area contributed by atoms with Crippen LogP contribution >= 0.6 is 27.3 Å². The van der Waals surface area contributed by atoms with E-state index in [1.807, 2.05) is 0 Å². The second kappa shape index (κ2) is 8.44. The van der Waals surface area contributed by atoms with Crippen LogP contribution in [0.15, 0.2) is 46.3 Å². The number of hydrazine groups is 1. The van der Waals surface area contributed by atoms with Crippen LogP contribution < -0.4 is 16.2 Å². The second-order valence-electron chi connectivity index (χ2n) is 4.49. The van der Waals surface area contributed by atoms with Gasteiger partial charge in [0, 0.05) is 23.0 Å². The number of thiophene rings is 1. The fourth-order valence-electron chi connectivity index (χ4n) is 1.65. The normalized spacial score (nSPS) is 9.96. The summed E-state index contributed by atoms with van der Waals surface area (Å²) in [5.41, 5.74) is 5.05. The van der Waals surface area contributed by atoms with Crippen LogP contribution in [0, 0.1) is 0 Å². The highest BCUT2D eigenvalue weighted by atomic mass is 79.9. The molecular weight excluding hydrogens is 382 g/mol. The smallest absolute Gasteiger partial charge is 0.269 e. The fraction of sp³-hybridized carbons (Fsp3) is 0.133. The van der Waals surface area contributed by atoms with Crippen molar-refractivity contribution in [3.63, 3.8) is 0 Å². The van der Waals surface area contributed by atoms with Gasteiger partial charge in [-0.3, -0.25) is 25.2 Å². The predicted octanol–water partition coefficient (Wildman–Crippen LogP) is 2.09. The first-order valence-corrected chi connectivity index (χ1v) is 8.40. The molecule has 0 spiro atoms. The van der Waals surface area contributed by atoms with E-state index < -0.39 is 5.91 Å². The molecule has 2 aromatic rings. The molecule has 3 N–H and O–H groups in total. The van der Waals surface area contributed by atoms with Crippen molar-refractivity contribution in [1.82, 2.24) is 16.2 Å². The number of nitrogens with one attached hydrogen (secondary N) is 3. The molecule has 120 valence electrons. The zero-order valence-electron chi connectivity index (χ0n) is 12.0. The summed E-state index contributed by atoms with van der Waals surface area (Å²) in [6.45, 7) is 0.191. The van der Waals surface area contributed by atoms with E-state index in [9.17, 15) is 14.4 Å². The predicted molar refractivity (Wildman–Crippen MR) is 91.0 cm³/mol. The highest BCUT2D eigenvalue weighted by Gasteiger charge is 2.09. The van der Waals surface area contributed by atoms with Crippen LogP contribution in [0.1, 0.15) is 26.5 Å². The van der Waals surface area contributed by atoms with Gasteiger partial charge in [0.15, 0.2) is 0 Å². The van der Waals surface area contributed by atoms with E-state index in [1.54, 1.807) is 41.8 Å². The minimum Gasteiger partial charge on any atom is -0.351 e. The first kappa shape index (κ1) is 17.2. The van der Waals surface area contributed by atoms with E-state index in [4.69, 9.17) is 0 Å². The number of hydrogen-bond acceptors (Lipinski definition) is 4. The van der Waals surface area contributed by atoms with Crippen LogP contribution in [0.4, 0.5) is 0 Å². The van der Waals surface area contributed by atoms with E-state index >= 15 is 0 Å². The minimum atomic E-state index is -0.409. The number of amides is 3. The van der Waals surface area contributed by atoms with Gasteiger partial charge < -0.3 is 5.32 Å². The Labute approximate surface area is 145 Å². The molecule has 8 heteroatoms. The summed E-state index contributed by atoms with van der Waals surface area (Å²) in [6.07, 6.45) is 0.0672. The zero-order chi connectivity index (χ0) is 16.7. The summed E-state index contributed by atoms with van der Waals surface area (Å²) < 4.78 is 0.861. The maximum Gasteiger partial charge on any atom is 0.269 e. The van der Waals surface area contributed by atoms with E-state index in [1.165, 1.54) is 11.3 Å². The van der Waals surface area contributed by atoms with Crippen molar-refractivity contribution < 1.29 is 14.4 Å². The van der Waals surface area contributed by atoms with Crippen LogP contribution in [0.2, 0.25) is 0 Å². The van der Waals surface area contributed by atoms with Crippen LogP contribution in [-0.4, -0.2) is 24.3 Å². The highest BCUT2D eigenvalue weighted by Crippen LogP contribution is 2.10. The lowest BCUT2D eigenvalue weighted by atomic mass is 10.2. The summed E-state index contributed by atoms with van der Waals surface area (Å²) in [5, 5.41) is 4.44. The lowest BCUT2D eigenvalue weighted by Crippen LogP contribution is -2.42. The number of carbonyl (C=O) groups is 3. The molecule has 3 amide bonds. The van der Waals surface area contributed by atoms with Gasteiger partial charge in [0.25, 0.3) is 11.8 Å². The maximum absolute atomic E-state index is 11.8. The number of halogens is 1. The Balaban J connectivity index is 1.68. The van der Waals surface area contributed by atoms with Crippen molar-refractivity contribution >= 4 is 45.0 Å². The van der Waals surface area contributed by atoms with Gasteiger partial charge in [0.2, 0.25) is 5.91 Å². The van der Waals surface area contributed by atoms with E-state index in [2.05, 4.69) is 32.1 Å². The lowest BCUT2D eigenvalue weighted by molar-refractivity contribution is -0.121. The summed E-state index contributed by atoms with van der Waals surface area (Å²) in [5.74, 6) is -1.01. The molecule has 0 bridgehead atoms. The van der Waals surface area contributed by atoms with Gasteiger partial charge in [0.05, 0.1) is 4.88 Å². The molecular formula is C15H14BrN3O3S. The van der Waals surface area contributed by atoms with Gasteiger partial charge in [-0.2, -0.15) is 0 Å². The van der Waals surface area contributed by atoms with Crippen LogP contribution in [-0.2, 0) is 4.79 Å². The van der Waals surface area contributed by atoms with E-state index in [0.717, 1.165) is 4.47 Å². The van der Waals surface area contributed by atoms with Crippen molar-refractivity contribution in [2.45, 2.75) is 6.42 Å². The number of hydrogen-bond donors (Lipinski definition) is 3. The van der Waals surface area contributed by atoms with Crippen LogP contribution in [0.25, 0.3) is 0 Å². The van der Waals surface area contributed by atoms with Gasteiger partial charge in [-0.1, -0.05) is 22.0 Å². The Bertz CT molecular complexity index is 687. The Kier molecular flexibility index (Phi) is 6.30. The van der Waals surface area contributed by atoms with Gasteiger partial charge >= 0.3 is 0 Å². The zero-order valence-corrected chi connectivity index (χ0v) is 14.4. The summed E-state index contributed by atoms with van der Waals surface area (Å²) in [6, 6.07) is 10.2. The molecule has 0 atom stereocenters. The Morgan fingerprint density at radius 1 is 1.00 bits per heavy atom. The molecule has 0 aliphatic rings. The van der Waals surface area contributed by atoms with Gasteiger partial charge in [-0.05, 0) is 35.7 Å². The van der Waals surface area contributed by atoms with Gasteiger partial charge in [-0.15, -0.1) is 11.3 Å². The first-order valence-electron chi connectivity index (χ1n) is 6.72. The molecule has 23 heavy (non-hydrogen) atoms. The maximum atomic E-state index is 11.8. The first-order chi connectivity index (χ1) is 11.1. The molecule has 0 saturated carbocycles. The molecule has 0 saturated heterocycles. The van der Waals surface area contributed by atoms with Gasteiger partial charge in [0.1, 0.15) is 0 Å². The Hall–Kier alpha value is -2.19.